The third-order valence-corrected chi connectivity index (χ3v) is 7.78. The van der Waals surface area contributed by atoms with Gasteiger partial charge in [-0.25, -0.2) is 9.67 Å². The molecule has 5 rings (SSSR count). The highest BCUT2D eigenvalue weighted by Crippen LogP contribution is 2.52. The van der Waals surface area contributed by atoms with Gasteiger partial charge in [0.05, 0.1) is 16.2 Å². The topological polar surface area (TPSA) is 75.8 Å². The molecule has 2 aliphatic rings. The maximum atomic E-state index is 14.4. The first-order valence-corrected chi connectivity index (χ1v) is 11.7. The molecule has 0 radical (unpaired) electrons. The molecule has 0 atom stereocenters. The van der Waals surface area contributed by atoms with Crippen LogP contribution in [0.5, 0.6) is 0 Å². The number of rotatable bonds is 4. The summed E-state index contributed by atoms with van der Waals surface area (Å²) in [4.78, 5) is 7.20. The molecule has 0 bridgehead atoms. The maximum absolute atomic E-state index is 14.4. The minimum absolute atomic E-state index is 0.0203. The van der Waals surface area contributed by atoms with Crippen molar-refractivity contribution in [3.63, 3.8) is 0 Å². The van der Waals surface area contributed by atoms with E-state index in [0.717, 1.165) is 11.3 Å². The zero-order valence-corrected chi connectivity index (χ0v) is 19.4. The normalized spacial score (nSPS) is 19.9. The number of halogens is 3. The molecule has 5 heterocycles. The Bertz CT molecular complexity index is 1200. The number of piperidine rings is 1. The summed E-state index contributed by atoms with van der Waals surface area (Å²) in [6.07, 6.45) is 6.14. The van der Waals surface area contributed by atoms with E-state index in [-0.39, 0.29) is 5.56 Å². The number of ether oxygens (including phenoxy) is 1. The van der Waals surface area contributed by atoms with Gasteiger partial charge < -0.3 is 9.94 Å². The highest BCUT2D eigenvalue weighted by atomic mass is 35.5. The SMILES string of the molecule is Cc1nn(-c2ncccc2C=NO)cc1CN1CCC2(CC1)OCC(F)(F)c1cc(Cl)sc12. The number of thiophene rings is 1. The van der Waals surface area contributed by atoms with Crippen LogP contribution in [0.15, 0.2) is 35.7 Å². The van der Waals surface area contributed by atoms with Gasteiger partial charge in [-0.3, -0.25) is 4.90 Å². The number of likely N-dealkylation sites (tertiary alicyclic amines) is 1. The zero-order chi connectivity index (χ0) is 23.2. The molecule has 174 valence electrons. The summed E-state index contributed by atoms with van der Waals surface area (Å²) in [5.74, 6) is -2.43. The van der Waals surface area contributed by atoms with Crippen LogP contribution in [0, 0.1) is 6.92 Å². The number of aromatic nitrogens is 3. The monoisotopic (exact) mass is 493 g/mol. The second-order valence-corrected chi connectivity index (χ2v) is 10.1. The van der Waals surface area contributed by atoms with E-state index in [1.165, 1.54) is 23.6 Å². The fraction of sp³-hybridized carbons (Fsp3) is 0.409. The third kappa shape index (κ3) is 4.05. The maximum Gasteiger partial charge on any atom is 0.297 e. The van der Waals surface area contributed by atoms with Gasteiger partial charge in [0.2, 0.25) is 0 Å². The quantitative estimate of drug-likeness (QED) is 0.323. The molecule has 0 aliphatic carbocycles. The Kier molecular flexibility index (Phi) is 5.72. The Morgan fingerprint density at radius 1 is 1.36 bits per heavy atom. The molecule has 3 aromatic heterocycles. The second-order valence-electron chi connectivity index (χ2n) is 8.40. The van der Waals surface area contributed by atoms with Gasteiger partial charge >= 0.3 is 0 Å². The highest BCUT2D eigenvalue weighted by Gasteiger charge is 2.51. The van der Waals surface area contributed by atoms with E-state index < -0.39 is 18.1 Å². The summed E-state index contributed by atoms with van der Waals surface area (Å²) in [5.41, 5.74) is 1.88. The van der Waals surface area contributed by atoms with Gasteiger partial charge in [0.25, 0.3) is 5.92 Å². The van der Waals surface area contributed by atoms with Crippen LogP contribution in [0.3, 0.4) is 0 Å². The summed E-state index contributed by atoms with van der Waals surface area (Å²) in [7, 11) is 0. The molecule has 2 aliphatic heterocycles. The van der Waals surface area contributed by atoms with E-state index in [1.54, 1.807) is 23.0 Å². The summed E-state index contributed by atoms with van der Waals surface area (Å²) < 4.78 is 36.6. The Hall–Kier alpha value is -2.40. The van der Waals surface area contributed by atoms with Gasteiger partial charge in [0.1, 0.15) is 12.2 Å². The number of hydrogen-bond donors (Lipinski definition) is 1. The molecular weight excluding hydrogens is 472 g/mol. The number of hydrogen-bond acceptors (Lipinski definition) is 7. The average Bonchev–Trinajstić information content (AvgIpc) is 3.37. The van der Waals surface area contributed by atoms with Crippen molar-refractivity contribution < 1.29 is 18.7 Å². The summed E-state index contributed by atoms with van der Waals surface area (Å²) in [6, 6.07) is 4.95. The van der Waals surface area contributed by atoms with Crippen LogP contribution in [0.4, 0.5) is 8.78 Å². The van der Waals surface area contributed by atoms with E-state index in [0.29, 0.717) is 53.1 Å². The van der Waals surface area contributed by atoms with Gasteiger partial charge in [-0.05, 0) is 38.0 Å². The molecule has 7 nitrogen and oxygen atoms in total. The van der Waals surface area contributed by atoms with E-state index in [2.05, 4.69) is 20.1 Å². The molecule has 1 N–H and O–H groups in total. The van der Waals surface area contributed by atoms with E-state index in [9.17, 15) is 8.78 Å². The summed E-state index contributed by atoms with van der Waals surface area (Å²) >= 11 is 7.31. The minimum Gasteiger partial charge on any atom is -0.411 e. The lowest BCUT2D eigenvalue weighted by Crippen LogP contribution is -2.48. The smallest absolute Gasteiger partial charge is 0.297 e. The van der Waals surface area contributed by atoms with Crippen molar-refractivity contribution in [2.24, 2.45) is 5.16 Å². The van der Waals surface area contributed by atoms with Crippen molar-refractivity contribution >= 4 is 29.2 Å². The summed E-state index contributed by atoms with van der Waals surface area (Å²) in [5, 5.41) is 16.6. The van der Waals surface area contributed by atoms with Gasteiger partial charge in [0.15, 0.2) is 5.82 Å². The van der Waals surface area contributed by atoms with E-state index in [4.69, 9.17) is 21.5 Å². The molecule has 0 saturated carbocycles. The van der Waals surface area contributed by atoms with E-state index in [1.807, 2.05) is 13.1 Å². The third-order valence-electron chi connectivity index (χ3n) is 6.33. The predicted molar refractivity (Wildman–Crippen MR) is 121 cm³/mol. The number of nitrogens with zero attached hydrogens (tertiary/aromatic N) is 5. The molecule has 0 unspecified atom stereocenters. The van der Waals surface area contributed by atoms with Crippen molar-refractivity contribution in [3.8, 4) is 5.82 Å². The Morgan fingerprint density at radius 3 is 2.91 bits per heavy atom. The Labute approximate surface area is 198 Å². The van der Waals surface area contributed by atoms with Crippen molar-refractivity contribution in [2.75, 3.05) is 19.7 Å². The van der Waals surface area contributed by atoms with Crippen LogP contribution in [-0.2, 0) is 22.8 Å². The molecule has 1 saturated heterocycles. The second kappa shape index (κ2) is 8.43. The average molecular weight is 494 g/mol. The fourth-order valence-electron chi connectivity index (χ4n) is 4.55. The highest BCUT2D eigenvalue weighted by molar-refractivity contribution is 7.16. The van der Waals surface area contributed by atoms with Gasteiger partial charge in [-0.1, -0.05) is 16.8 Å². The first kappa shape index (κ1) is 22.4. The fourth-order valence-corrected chi connectivity index (χ4v) is 6.03. The van der Waals surface area contributed by atoms with Gasteiger partial charge in [-0.2, -0.15) is 13.9 Å². The van der Waals surface area contributed by atoms with Crippen molar-refractivity contribution in [1.82, 2.24) is 19.7 Å². The first-order chi connectivity index (χ1) is 15.8. The number of oxime groups is 1. The van der Waals surface area contributed by atoms with Crippen LogP contribution in [0.25, 0.3) is 5.82 Å². The zero-order valence-electron chi connectivity index (χ0n) is 17.8. The number of pyridine rings is 1. The number of aryl methyl sites for hydroxylation is 1. The molecule has 1 spiro atoms. The Balaban J connectivity index is 1.32. The van der Waals surface area contributed by atoms with Crippen molar-refractivity contribution in [2.45, 2.75) is 37.8 Å². The molecule has 1 fully saturated rings. The summed E-state index contributed by atoms with van der Waals surface area (Å²) in [6.45, 7) is 3.41. The van der Waals surface area contributed by atoms with Crippen molar-refractivity contribution in [3.05, 3.63) is 62.2 Å². The van der Waals surface area contributed by atoms with Gasteiger partial charge in [-0.15, -0.1) is 11.3 Å². The lowest BCUT2D eigenvalue weighted by Gasteiger charge is -2.45. The standard InChI is InChI=1S/C22H22ClF2N5O2S/c1-14-16(12-30(28-14)20-15(10-27-31)3-2-6-26-20)11-29-7-4-21(5-8-29)19-17(9-18(23)33-19)22(24,25)13-32-21/h2-3,6,9-10,12,31H,4-5,7-8,11,13H2,1H3. The molecule has 11 heteroatoms. The van der Waals surface area contributed by atoms with E-state index >= 15 is 0 Å². The number of fused-ring (bicyclic) bond motifs is 2. The number of alkyl halides is 2. The van der Waals surface area contributed by atoms with Crippen molar-refractivity contribution in [1.29, 1.82) is 0 Å². The van der Waals surface area contributed by atoms with Crippen LogP contribution >= 0.6 is 22.9 Å². The predicted octanol–water partition coefficient (Wildman–Crippen LogP) is 4.71. The molecule has 33 heavy (non-hydrogen) atoms. The minimum atomic E-state index is -3.00. The van der Waals surface area contributed by atoms with Crippen LogP contribution in [-0.4, -0.2) is 50.8 Å². The molecule has 0 amide bonds. The lowest BCUT2D eigenvalue weighted by molar-refractivity contribution is -0.182. The van der Waals surface area contributed by atoms with Gasteiger partial charge in [0, 0.05) is 53.6 Å². The van der Waals surface area contributed by atoms with Crippen LogP contribution < -0.4 is 0 Å². The molecular formula is C22H22ClF2N5O2S. The molecule has 3 aromatic rings. The Morgan fingerprint density at radius 2 is 2.15 bits per heavy atom. The first-order valence-electron chi connectivity index (χ1n) is 10.5. The molecule has 0 aromatic carbocycles. The van der Waals surface area contributed by atoms with Crippen LogP contribution in [0.2, 0.25) is 4.34 Å². The largest absolute Gasteiger partial charge is 0.411 e. The lowest BCUT2D eigenvalue weighted by atomic mass is 9.84. The van der Waals surface area contributed by atoms with Crippen LogP contribution in [0.1, 0.15) is 40.1 Å².